The molecule has 1 heterocycles. The molecule has 3 unspecified atom stereocenters. The summed E-state index contributed by atoms with van der Waals surface area (Å²) in [5.74, 6) is -5.94. The second-order valence-corrected chi connectivity index (χ2v) is 14.5. The van der Waals surface area contributed by atoms with Crippen LogP contribution < -0.4 is 4.74 Å². The third kappa shape index (κ3) is 3.54. The van der Waals surface area contributed by atoms with Crippen molar-refractivity contribution in [2.45, 2.75) is 54.6 Å². The number of hydrogen-bond acceptors (Lipinski definition) is 4. The van der Waals surface area contributed by atoms with Crippen LogP contribution in [0.5, 0.6) is 5.75 Å². The van der Waals surface area contributed by atoms with Crippen LogP contribution in [-0.2, 0) is 13.7 Å². The van der Waals surface area contributed by atoms with E-state index in [0.717, 1.165) is 6.42 Å². The fourth-order valence-electron chi connectivity index (χ4n) is 6.13. The zero-order valence-corrected chi connectivity index (χ0v) is 20.4. The highest BCUT2D eigenvalue weighted by atomic mass is 32.3. The van der Waals surface area contributed by atoms with Gasteiger partial charge in [-0.3, -0.25) is 0 Å². The zero-order chi connectivity index (χ0) is 24.4. The molecule has 0 amide bonds. The Morgan fingerprint density at radius 1 is 0.941 bits per heavy atom. The molecule has 4 nitrogen and oxygen atoms in total. The van der Waals surface area contributed by atoms with E-state index in [9.17, 15) is 8.42 Å². The highest BCUT2D eigenvalue weighted by molar-refractivity contribution is 8.33. The molecular formula is C24H28F4O4S2. The van der Waals surface area contributed by atoms with Gasteiger partial charge in [-0.15, -0.1) is 0 Å². The van der Waals surface area contributed by atoms with Crippen LogP contribution in [0.2, 0.25) is 0 Å². The minimum Gasteiger partial charge on any atom is -0.496 e. The Labute approximate surface area is 198 Å². The maximum absolute atomic E-state index is 15.3. The first kappa shape index (κ1) is 24.2. The van der Waals surface area contributed by atoms with Crippen molar-refractivity contribution in [1.82, 2.24) is 0 Å². The average molecular weight is 521 g/mol. The number of ether oxygens (including phenoxy) is 1. The molecule has 2 saturated carbocycles. The fourth-order valence-corrected chi connectivity index (χ4v) is 12.0. The van der Waals surface area contributed by atoms with E-state index in [1.165, 1.54) is 7.11 Å². The molecular weight excluding hydrogens is 492 g/mol. The second kappa shape index (κ2) is 8.27. The molecule has 2 bridgehead atoms. The third-order valence-corrected chi connectivity index (χ3v) is 13.5. The minimum absolute atomic E-state index is 0.0299. The lowest BCUT2D eigenvalue weighted by Gasteiger charge is -2.39. The molecule has 10 heteroatoms. The fraction of sp³-hybridized carbons (Fsp3) is 0.583. The monoisotopic (exact) mass is 520 g/mol. The van der Waals surface area contributed by atoms with Crippen LogP contribution in [0.1, 0.15) is 38.5 Å². The van der Waals surface area contributed by atoms with E-state index in [2.05, 4.69) is 0 Å². The summed E-state index contributed by atoms with van der Waals surface area (Å²) in [6, 6.07) is 10.3. The van der Waals surface area contributed by atoms with E-state index < -0.39 is 43.4 Å². The normalized spacial score (nSPS) is 27.9. The summed E-state index contributed by atoms with van der Waals surface area (Å²) in [5, 5.41) is -4.00. The molecule has 2 aromatic rings. The van der Waals surface area contributed by atoms with Gasteiger partial charge in [-0.05, 0) is 61.5 Å². The molecule has 0 spiro atoms. The molecule has 1 saturated heterocycles. The van der Waals surface area contributed by atoms with Gasteiger partial charge in [0.25, 0.3) is 0 Å². The van der Waals surface area contributed by atoms with Crippen LogP contribution in [0.3, 0.4) is 0 Å². The summed E-state index contributed by atoms with van der Waals surface area (Å²) >= 11 is 0. The molecule has 3 atom stereocenters. The van der Waals surface area contributed by atoms with E-state index in [0.29, 0.717) is 47.1 Å². The number of hydrogen-bond donors (Lipinski definition) is 0. The molecule has 0 radical (unpaired) electrons. The lowest BCUT2D eigenvalue weighted by molar-refractivity contribution is -0.202. The quantitative estimate of drug-likeness (QED) is 0.380. The van der Waals surface area contributed by atoms with Gasteiger partial charge in [-0.25, -0.2) is 3.63 Å². The smallest absolute Gasteiger partial charge is 0.432 e. The second-order valence-electron chi connectivity index (χ2n) is 9.68. The summed E-state index contributed by atoms with van der Waals surface area (Å²) < 4.78 is 97.6. The number of alkyl halides is 4. The molecule has 5 rings (SSSR count). The summed E-state index contributed by atoms with van der Waals surface area (Å²) in [6.45, 7) is 0. The van der Waals surface area contributed by atoms with Gasteiger partial charge in [0.15, 0.2) is 0 Å². The van der Waals surface area contributed by atoms with Gasteiger partial charge in [-0.2, -0.15) is 26.0 Å². The lowest BCUT2D eigenvalue weighted by atomic mass is 9.84. The molecule has 3 fully saturated rings. The Balaban J connectivity index is 1.54. The zero-order valence-electron chi connectivity index (χ0n) is 18.8. The SMILES string of the molecule is COc1ccc(S2(OS(=O)(=O)C(F)(F)C(F)(F)C3CC4CCC3C4)CCCC2)c2ccccc12. The van der Waals surface area contributed by atoms with Crippen molar-refractivity contribution in [3.63, 3.8) is 0 Å². The van der Waals surface area contributed by atoms with Crippen molar-refractivity contribution in [2.75, 3.05) is 18.6 Å². The van der Waals surface area contributed by atoms with Gasteiger partial charge in [0.05, 0.1) is 7.11 Å². The minimum atomic E-state index is -5.92. The Kier molecular flexibility index (Phi) is 5.88. The van der Waals surface area contributed by atoms with Gasteiger partial charge in [-0.1, -0.05) is 41.0 Å². The first-order chi connectivity index (χ1) is 16.0. The predicted molar refractivity (Wildman–Crippen MR) is 124 cm³/mol. The van der Waals surface area contributed by atoms with Crippen LogP contribution in [0.25, 0.3) is 10.8 Å². The van der Waals surface area contributed by atoms with E-state index in [1.807, 2.05) is 0 Å². The summed E-state index contributed by atoms with van der Waals surface area (Å²) in [7, 11) is -7.21. The van der Waals surface area contributed by atoms with Crippen molar-refractivity contribution in [2.24, 2.45) is 17.8 Å². The summed E-state index contributed by atoms with van der Waals surface area (Å²) in [6.07, 6.45) is 2.71. The highest BCUT2D eigenvalue weighted by Crippen LogP contribution is 2.67. The van der Waals surface area contributed by atoms with Crippen LogP contribution >= 0.6 is 10.3 Å². The number of methoxy groups -OCH3 is 1. The largest absolute Gasteiger partial charge is 0.496 e. The van der Waals surface area contributed by atoms with E-state index in [-0.39, 0.29) is 23.8 Å². The Hall–Kier alpha value is -1.52. The first-order valence-electron chi connectivity index (χ1n) is 11.6. The van der Waals surface area contributed by atoms with Crippen molar-refractivity contribution in [1.29, 1.82) is 0 Å². The Morgan fingerprint density at radius 3 is 2.21 bits per heavy atom. The average Bonchev–Trinajstić information content (AvgIpc) is 3.56. The van der Waals surface area contributed by atoms with Crippen LogP contribution in [0.4, 0.5) is 17.6 Å². The highest BCUT2D eigenvalue weighted by Gasteiger charge is 2.73. The van der Waals surface area contributed by atoms with Crippen molar-refractivity contribution >= 4 is 31.2 Å². The lowest BCUT2D eigenvalue weighted by Crippen LogP contribution is -2.53. The number of rotatable bonds is 7. The van der Waals surface area contributed by atoms with Gasteiger partial charge in [0.1, 0.15) is 5.75 Å². The van der Waals surface area contributed by atoms with Crippen LogP contribution in [0.15, 0.2) is 41.3 Å². The standard InChI is InChI=1S/C24H28F4O4S2/c1-31-21-10-11-22(19-7-3-2-6-18(19)21)33(12-4-5-13-33)32-34(29,30)24(27,28)23(25,26)20-15-16-8-9-17(20)14-16/h2-3,6-7,10-11,16-17,20H,4-5,8-9,12-15H2,1H3. The Bertz CT molecular complexity index is 1190. The maximum atomic E-state index is 15.3. The Morgan fingerprint density at radius 2 is 1.62 bits per heavy atom. The van der Waals surface area contributed by atoms with E-state index in [1.54, 1.807) is 36.4 Å². The van der Waals surface area contributed by atoms with Gasteiger partial charge < -0.3 is 4.74 Å². The summed E-state index contributed by atoms with van der Waals surface area (Å²) in [4.78, 5) is 0.476. The molecule has 2 aliphatic carbocycles. The van der Waals surface area contributed by atoms with Crippen molar-refractivity contribution in [3.8, 4) is 5.75 Å². The van der Waals surface area contributed by atoms with E-state index >= 15 is 17.6 Å². The first-order valence-corrected chi connectivity index (χ1v) is 14.9. The molecule has 0 aromatic heterocycles. The van der Waals surface area contributed by atoms with Gasteiger partial charge in [0.2, 0.25) is 0 Å². The molecule has 34 heavy (non-hydrogen) atoms. The van der Waals surface area contributed by atoms with Gasteiger partial charge >= 0.3 is 21.3 Å². The third-order valence-electron chi connectivity index (χ3n) is 7.79. The van der Waals surface area contributed by atoms with Crippen molar-refractivity contribution < 1.29 is 34.3 Å². The van der Waals surface area contributed by atoms with Crippen molar-refractivity contribution in [3.05, 3.63) is 36.4 Å². The molecule has 3 aliphatic rings. The van der Waals surface area contributed by atoms with Crippen LogP contribution in [0, 0.1) is 17.8 Å². The number of fused-ring (bicyclic) bond motifs is 3. The summed E-state index contributed by atoms with van der Waals surface area (Å²) in [5.41, 5.74) is 0. The maximum Gasteiger partial charge on any atom is 0.432 e. The number of halogens is 4. The van der Waals surface area contributed by atoms with Gasteiger partial charge in [0, 0.05) is 27.7 Å². The molecule has 188 valence electrons. The molecule has 2 aromatic carbocycles. The number of benzene rings is 2. The van der Waals surface area contributed by atoms with Crippen LogP contribution in [-0.4, -0.2) is 38.2 Å². The van der Waals surface area contributed by atoms with E-state index in [4.69, 9.17) is 8.37 Å². The molecule has 1 aliphatic heterocycles. The molecule has 0 N–H and O–H groups in total. The predicted octanol–water partition coefficient (Wildman–Crippen LogP) is 6.73. The topological polar surface area (TPSA) is 52.6 Å².